The average molecular weight is 370 g/mol. The fraction of sp³-hybridized carbons (Fsp3) is 0.0556. The van der Waals surface area contributed by atoms with Gasteiger partial charge in [0, 0.05) is 28.0 Å². The molecule has 1 N–H and O–H groups in total. The van der Waals surface area contributed by atoms with Crippen molar-refractivity contribution in [1.82, 2.24) is 4.98 Å². The van der Waals surface area contributed by atoms with Crippen LogP contribution >= 0.6 is 27.3 Å². The third-order valence-corrected chi connectivity index (χ3v) is 6.10. The van der Waals surface area contributed by atoms with Gasteiger partial charge in [0.15, 0.2) is 5.43 Å². The van der Waals surface area contributed by atoms with Crippen molar-refractivity contribution in [2.45, 2.75) is 6.42 Å². The van der Waals surface area contributed by atoms with Gasteiger partial charge in [-0.15, -0.1) is 11.3 Å². The van der Waals surface area contributed by atoms with E-state index in [1.807, 2.05) is 0 Å². The Morgan fingerprint density at radius 1 is 1.05 bits per heavy atom. The van der Waals surface area contributed by atoms with Crippen molar-refractivity contribution < 1.29 is 0 Å². The van der Waals surface area contributed by atoms with Crippen molar-refractivity contribution in [3.63, 3.8) is 0 Å². The molecule has 0 unspecified atom stereocenters. The minimum atomic E-state index is 0.0565. The van der Waals surface area contributed by atoms with E-state index in [9.17, 15) is 4.79 Å². The summed E-state index contributed by atoms with van der Waals surface area (Å²) in [6, 6.07) is 16.3. The first-order chi connectivity index (χ1) is 10.7. The van der Waals surface area contributed by atoms with Crippen LogP contribution in [0.5, 0.6) is 0 Å². The molecule has 2 aromatic heterocycles. The van der Waals surface area contributed by atoms with Crippen LogP contribution in [0.25, 0.3) is 21.0 Å². The maximum atomic E-state index is 12.0. The molecule has 0 amide bonds. The molecule has 0 spiro atoms. The highest BCUT2D eigenvalue weighted by molar-refractivity contribution is 9.10. The molecule has 0 saturated carbocycles. The predicted octanol–water partition coefficient (Wildman–Crippen LogP) is 5.10. The Hall–Kier alpha value is -1.91. The lowest BCUT2D eigenvalue weighted by Crippen LogP contribution is -1.98. The van der Waals surface area contributed by atoms with Crippen LogP contribution in [0.3, 0.4) is 0 Å². The summed E-state index contributed by atoms with van der Waals surface area (Å²) in [6.07, 6.45) is 2.52. The van der Waals surface area contributed by atoms with Crippen molar-refractivity contribution in [2.24, 2.45) is 0 Å². The molecule has 0 aliphatic heterocycles. The summed E-state index contributed by atoms with van der Waals surface area (Å²) in [4.78, 5) is 17.3. The first-order valence-electron chi connectivity index (χ1n) is 6.99. The second kappa shape index (κ2) is 5.38. The van der Waals surface area contributed by atoms with Gasteiger partial charge in [-0.25, -0.2) is 0 Å². The summed E-state index contributed by atoms with van der Waals surface area (Å²) >= 11 is 5.25. The molecule has 0 fully saturated rings. The number of thiophene rings is 1. The van der Waals surface area contributed by atoms with Crippen molar-refractivity contribution in [2.75, 3.05) is 0 Å². The first-order valence-corrected chi connectivity index (χ1v) is 8.60. The van der Waals surface area contributed by atoms with Crippen molar-refractivity contribution >= 4 is 48.3 Å². The van der Waals surface area contributed by atoms with Crippen LogP contribution in [0.1, 0.15) is 10.4 Å². The number of aromatic amines is 1. The second-order valence-electron chi connectivity index (χ2n) is 5.20. The molecule has 2 nitrogen and oxygen atoms in total. The zero-order valence-electron chi connectivity index (χ0n) is 11.6. The van der Waals surface area contributed by atoms with E-state index in [1.165, 1.54) is 21.2 Å². The first kappa shape index (κ1) is 13.7. The van der Waals surface area contributed by atoms with Gasteiger partial charge >= 0.3 is 0 Å². The van der Waals surface area contributed by atoms with Gasteiger partial charge in [-0.05, 0) is 32.3 Å². The Kier molecular flexibility index (Phi) is 3.36. The van der Waals surface area contributed by atoms with Crippen LogP contribution in [-0.4, -0.2) is 4.98 Å². The van der Waals surface area contributed by atoms with E-state index in [-0.39, 0.29) is 5.43 Å². The van der Waals surface area contributed by atoms with Crippen molar-refractivity contribution in [3.05, 3.63) is 79.9 Å². The van der Waals surface area contributed by atoms with Gasteiger partial charge in [-0.3, -0.25) is 4.79 Å². The number of nitrogens with one attached hydrogen (secondary N) is 1. The molecule has 0 bridgehead atoms. The van der Waals surface area contributed by atoms with E-state index in [4.69, 9.17) is 0 Å². The van der Waals surface area contributed by atoms with Gasteiger partial charge in [0.1, 0.15) is 4.83 Å². The number of H-pyrrole nitrogens is 1. The highest BCUT2D eigenvalue weighted by Crippen LogP contribution is 2.35. The highest BCUT2D eigenvalue weighted by Gasteiger charge is 2.14. The Bertz CT molecular complexity index is 1040. The quantitative estimate of drug-likeness (QED) is 0.523. The van der Waals surface area contributed by atoms with Gasteiger partial charge < -0.3 is 4.98 Å². The fourth-order valence-corrected chi connectivity index (χ4v) is 4.79. The summed E-state index contributed by atoms with van der Waals surface area (Å²) in [5.74, 6) is 0. The predicted molar refractivity (Wildman–Crippen MR) is 96.9 cm³/mol. The normalized spacial score (nSPS) is 11.3. The molecule has 0 aliphatic rings. The minimum absolute atomic E-state index is 0.0565. The van der Waals surface area contributed by atoms with E-state index in [0.717, 1.165) is 21.1 Å². The van der Waals surface area contributed by atoms with Crippen LogP contribution in [0.4, 0.5) is 0 Å². The minimum Gasteiger partial charge on any atom is -0.353 e. The van der Waals surface area contributed by atoms with Crippen LogP contribution in [0.2, 0.25) is 0 Å². The SMILES string of the molecule is O=c1cc[nH]c2sc(Cc3cccc4ccccc34)c(Br)c12. The second-order valence-corrected chi connectivity index (χ2v) is 7.10. The number of fused-ring (bicyclic) bond motifs is 2. The summed E-state index contributed by atoms with van der Waals surface area (Å²) in [7, 11) is 0. The molecular weight excluding hydrogens is 358 g/mol. The van der Waals surface area contributed by atoms with Crippen LogP contribution in [-0.2, 0) is 6.42 Å². The number of aromatic nitrogens is 1. The lowest BCUT2D eigenvalue weighted by atomic mass is 10.0. The number of halogens is 1. The Morgan fingerprint density at radius 2 is 1.86 bits per heavy atom. The van der Waals surface area contributed by atoms with E-state index in [1.54, 1.807) is 23.6 Å². The third kappa shape index (κ3) is 2.19. The molecule has 0 atom stereocenters. The molecule has 0 radical (unpaired) electrons. The maximum absolute atomic E-state index is 12.0. The lowest BCUT2D eigenvalue weighted by Gasteiger charge is -2.05. The Morgan fingerprint density at radius 3 is 2.73 bits per heavy atom. The molecular formula is C18H12BrNOS. The Labute approximate surface area is 139 Å². The third-order valence-electron chi connectivity index (χ3n) is 3.84. The maximum Gasteiger partial charge on any atom is 0.191 e. The Balaban J connectivity index is 1.88. The van der Waals surface area contributed by atoms with E-state index < -0.39 is 0 Å². The molecule has 4 aromatic rings. The highest BCUT2D eigenvalue weighted by atomic mass is 79.9. The number of hydrogen-bond donors (Lipinski definition) is 1. The topological polar surface area (TPSA) is 32.9 Å². The van der Waals surface area contributed by atoms with E-state index in [2.05, 4.69) is 63.4 Å². The van der Waals surface area contributed by atoms with Gasteiger partial charge in [0.25, 0.3) is 0 Å². The zero-order chi connectivity index (χ0) is 15.1. The van der Waals surface area contributed by atoms with Gasteiger partial charge in [0.2, 0.25) is 0 Å². The van der Waals surface area contributed by atoms with Crippen molar-refractivity contribution in [1.29, 1.82) is 0 Å². The molecule has 22 heavy (non-hydrogen) atoms. The van der Waals surface area contributed by atoms with Crippen LogP contribution in [0.15, 0.2) is 64.0 Å². The van der Waals surface area contributed by atoms with Gasteiger partial charge in [0.05, 0.1) is 5.39 Å². The summed E-state index contributed by atoms with van der Waals surface area (Å²) in [6.45, 7) is 0. The molecule has 4 heteroatoms. The van der Waals surface area contributed by atoms with Crippen LogP contribution in [0, 0.1) is 0 Å². The largest absolute Gasteiger partial charge is 0.353 e. The molecule has 108 valence electrons. The monoisotopic (exact) mass is 369 g/mol. The summed E-state index contributed by atoms with van der Waals surface area (Å²) in [5, 5.41) is 3.26. The molecule has 4 rings (SSSR count). The summed E-state index contributed by atoms with van der Waals surface area (Å²) in [5.41, 5.74) is 1.33. The number of rotatable bonds is 2. The number of benzene rings is 2. The molecule has 2 heterocycles. The fourth-order valence-electron chi connectivity index (χ4n) is 2.79. The smallest absolute Gasteiger partial charge is 0.191 e. The van der Waals surface area contributed by atoms with Gasteiger partial charge in [-0.2, -0.15) is 0 Å². The lowest BCUT2D eigenvalue weighted by molar-refractivity contribution is 1.26. The van der Waals surface area contributed by atoms with Crippen LogP contribution < -0.4 is 5.43 Å². The average Bonchev–Trinajstić information content (AvgIpc) is 2.85. The molecule has 2 aromatic carbocycles. The molecule has 0 saturated heterocycles. The molecule has 0 aliphatic carbocycles. The summed E-state index contributed by atoms with van der Waals surface area (Å²) < 4.78 is 0.919. The van der Waals surface area contributed by atoms with E-state index >= 15 is 0 Å². The zero-order valence-corrected chi connectivity index (χ0v) is 14.0. The number of hydrogen-bond acceptors (Lipinski definition) is 2. The standard InChI is InChI=1S/C18H12BrNOS/c19-17-15(22-18-16(17)14(21)8-9-20-18)10-12-6-3-5-11-4-1-2-7-13(11)12/h1-9H,10H2,(H,20,21). The number of pyridine rings is 1. The van der Waals surface area contributed by atoms with Gasteiger partial charge in [-0.1, -0.05) is 42.5 Å². The van der Waals surface area contributed by atoms with E-state index in [0.29, 0.717) is 0 Å². The van der Waals surface area contributed by atoms with Crippen molar-refractivity contribution in [3.8, 4) is 0 Å².